The summed E-state index contributed by atoms with van der Waals surface area (Å²) in [6, 6.07) is 0. The van der Waals surface area contributed by atoms with Crippen LogP contribution in [0.3, 0.4) is 0 Å². The Balaban J connectivity index is 0.00000450. The van der Waals surface area contributed by atoms with Crippen molar-refractivity contribution < 1.29 is 9.00 Å². The fraction of sp³-hybridized carbons (Fsp3) is 0.905. The molecule has 30 heavy (non-hydrogen) atoms. The van der Waals surface area contributed by atoms with E-state index < -0.39 is 10.8 Å². The third kappa shape index (κ3) is 9.38. The van der Waals surface area contributed by atoms with Gasteiger partial charge in [-0.2, -0.15) is 0 Å². The molecule has 0 saturated carbocycles. The van der Waals surface area contributed by atoms with E-state index in [1.54, 1.807) is 0 Å². The number of likely N-dealkylation sites (tertiary alicyclic amines) is 1. The van der Waals surface area contributed by atoms with Gasteiger partial charge in [0.05, 0.1) is 13.1 Å². The first kappa shape index (κ1) is 27.6. The molecule has 1 atom stereocenters. The maximum Gasteiger partial charge on any atom is 0.236 e. The third-order valence-corrected chi connectivity index (χ3v) is 7.47. The molecule has 2 aliphatic rings. The van der Waals surface area contributed by atoms with Gasteiger partial charge >= 0.3 is 0 Å². The van der Waals surface area contributed by atoms with Crippen molar-refractivity contribution in [3.8, 4) is 0 Å². The maximum atomic E-state index is 12.6. The quantitative estimate of drug-likeness (QED) is 0.309. The molecule has 2 aliphatic heterocycles. The van der Waals surface area contributed by atoms with Gasteiger partial charge in [0, 0.05) is 67.1 Å². The second kappa shape index (κ2) is 13.9. The van der Waals surface area contributed by atoms with Crippen LogP contribution in [0.25, 0.3) is 0 Å². The fourth-order valence-electron chi connectivity index (χ4n) is 3.70. The molecule has 0 aromatic carbocycles. The number of carbonyl (C=O) groups is 1. The molecular weight excluding hydrogens is 513 g/mol. The summed E-state index contributed by atoms with van der Waals surface area (Å²) in [7, 11) is -0.883. The van der Waals surface area contributed by atoms with Crippen LogP contribution in [0.15, 0.2) is 4.99 Å². The molecule has 1 N–H and O–H groups in total. The molecule has 2 fully saturated rings. The topological polar surface area (TPSA) is 68.2 Å². The molecule has 2 rings (SSSR count). The second-order valence-corrected chi connectivity index (χ2v) is 11.3. The number of amides is 1. The highest BCUT2D eigenvalue weighted by molar-refractivity contribution is 14.0. The Bertz CT molecular complexity index is 566. The van der Waals surface area contributed by atoms with Crippen molar-refractivity contribution in [2.45, 2.75) is 58.1 Å². The third-order valence-electron chi connectivity index (χ3n) is 5.55. The van der Waals surface area contributed by atoms with Crippen molar-refractivity contribution in [1.82, 2.24) is 20.0 Å². The Morgan fingerprint density at radius 1 is 0.967 bits per heavy atom. The van der Waals surface area contributed by atoms with Gasteiger partial charge < -0.3 is 15.1 Å². The molecule has 1 unspecified atom stereocenters. The van der Waals surface area contributed by atoms with E-state index in [0.717, 1.165) is 64.6 Å². The average molecular weight is 556 g/mol. The highest BCUT2D eigenvalue weighted by atomic mass is 127. The Morgan fingerprint density at radius 2 is 1.57 bits per heavy atom. The summed E-state index contributed by atoms with van der Waals surface area (Å²) in [6.07, 6.45) is 4.78. The van der Waals surface area contributed by atoms with E-state index in [9.17, 15) is 9.00 Å². The molecular formula is C21H42IN5O2S. The minimum Gasteiger partial charge on any atom is -0.357 e. The number of nitrogens with zero attached hydrogens (tertiary/aromatic N) is 4. The summed E-state index contributed by atoms with van der Waals surface area (Å²) < 4.78 is 12.0. The highest BCUT2D eigenvalue weighted by Crippen LogP contribution is 2.12. The Labute approximate surface area is 202 Å². The summed E-state index contributed by atoms with van der Waals surface area (Å²) in [5, 5.41) is 3.36. The van der Waals surface area contributed by atoms with Crippen LogP contribution in [0.1, 0.15) is 53.4 Å². The van der Waals surface area contributed by atoms with Crippen molar-refractivity contribution in [3.63, 3.8) is 0 Å². The van der Waals surface area contributed by atoms with Gasteiger partial charge in [0.25, 0.3) is 0 Å². The van der Waals surface area contributed by atoms with Crippen LogP contribution in [0.5, 0.6) is 0 Å². The van der Waals surface area contributed by atoms with Crippen LogP contribution in [-0.2, 0) is 15.6 Å². The number of piperazine rings is 1. The van der Waals surface area contributed by atoms with Crippen molar-refractivity contribution in [2.75, 3.05) is 64.7 Å². The first-order chi connectivity index (χ1) is 13.8. The summed E-state index contributed by atoms with van der Waals surface area (Å²) >= 11 is 0. The Morgan fingerprint density at radius 3 is 2.10 bits per heavy atom. The van der Waals surface area contributed by atoms with E-state index in [-0.39, 0.29) is 34.6 Å². The Kier molecular flexibility index (Phi) is 12.8. The summed E-state index contributed by atoms with van der Waals surface area (Å²) in [4.78, 5) is 23.9. The van der Waals surface area contributed by atoms with Crippen LogP contribution in [0.4, 0.5) is 0 Å². The van der Waals surface area contributed by atoms with E-state index in [0.29, 0.717) is 18.8 Å². The molecule has 176 valence electrons. The number of carbonyl (C=O) groups excluding carboxylic acids is 1. The fourth-order valence-corrected chi connectivity index (χ4v) is 4.57. The van der Waals surface area contributed by atoms with Gasteiger partial charge in [0.15, 0.2) is 5.96 Å². The summed E-state index contributed by atoms with van der Waals surface area (Å²) in [5.74, 6) is 1.77. The molecule has 0 spiro atoms. The predicted octanol–water partition coefficient (Wildman–Crippen LogP) is 2.14. The van der Waals surface area contributed by atoms with Gasteiger partial charge in [-0.1, -0.05) is 12.8 Å². The lowest BCUT2D eigenvalue weighted by molar-refractivity contribution is -0.132. The lowest BCUT2D eigenvalue weighted by atomic mass is 10.2. The van der Waals surface area contributed by atoms with Gasteiger partial charge in [0.1, 0.15) is 0 Å². The maximum absolute atomic E-state index is 12.6. The SMILES string of the molecule is CCNC(=NCCS(=O)C(C)(C)C)N1CCN(CC(=O)N2CCCCCC2)CC1.I. The van der Waals surface area contributed by atoms with Gasteiger partial charge in [-0.25, -0.2) is 0 Å². The smallest absolute Gasteiger partial charge is 0.236 e. The monoisotopic (exact) mass is 555 g/mol. The van der Waals surface area contributed by atoms with Gasteiger partial charge in [-0.3, -0.25) is 18.9 Å². The van der Waals surface area contributed by atoms with Crippen LogP contribution in [0, 0.1) is 0 Å². The second-order valence-electron chi connectivity index (χ2n) is 8.96. The zero-order chi connectivity index (χ0) is 21.3. The number of hydrogen-bond donors (Lipinski definition) is 1. The van der Waals surface area contributed by atoms with Crippen molar-refractivity contribution in [2.24, 2.45) is 4.99 Å². The number of hydrogen-bond acceptors (Lipinski definition) is 4. The molecule has 2 heterocycles. The summed E-state index contributed by atoms with van der Waals surface area (Å²) in [6.45, 7) is 15.3. The molecule has 0 bridgehead atoms. The minimum atomic E-state index is -0.883. The number of halogens is 1. The van der Waals surface area contributed by atoms with E-state index >= 15 is 0 Å². The number of guanidine groups is 1. The van der Waals surface area contributed by atoms with Crippen LogP contribution in [-0.4, -0.2) is 100 Å². The molecule has 0 radical (unpaired) electrons. The molecule has 0 aromatic rings. The van der Waals surface area contributed by atoms with Crippen molar-refractivity contribution >= 4 is 46.6 Å². The molecule has 9 heteroatoms. The van der Waals surface area contributed by atoms with E-state index in [2.05, 4.69) is 26.9 Å². The highest BCUT2D eigenvalue weighted by Gasteiger charge is 2.24. The van der Waals surface area contributed by atoms with Gasteiger partial charge in [0.2, 0.25) is 5.91 Å². The van der Waals surface area contributed by atoms with E-state index in [4.69, 9.17) is 4.99 Å². The number of rotatable bonds is 6. The van der Waals surface area contributed by atoms with Crippen LogP contribution in [0.2, 0.25) is 0 Å². The first-order valence-electron chi connectivity index (χ1n) is 11.2. The zero-order valence-corrected chi connectivity index (χ0v) is 22.5. The van der Waals surface area contributed by atoms with Crippen LogP contribution < -0.4 is 5.32 Å². The van der Waals surface area contributed by atoms with Crippen molar-refractivity contribution in [3.05, 3.63) is 0 Å². The normalized spacial score (nSPS) is 20.3. The van der Waals surface area contributed by atoms with Gasteiger partial charge in [-0.15, -0.1) is 24.0 Å². The Hall–Kier alpha value is -0.420. The number of aliphatic imine (C=N–C) groups is 1. The van der Waals surface area contributed by atoms with Crippen LogP contribution >= 0.6 is 24.0 Å². The summed E-state index contributed by atoms with van der Waals surface area (Å²) in [5.41, 5.74) is 0. The van der Waals surface area contributed by atoms with E-state index in [1.165, 1.54) is 12.8 Å². The lowest BCUT2D eigenvalue weighted by Gasteiger charge is -2.37. The standard InChI is InChI=1S/C21H41N5O2S.HI/c1-5-22-20(23-10-17-29(28)21(2,3)4)26-15-13-24(14-16-26)18-19(27)25-11-8-6-7-9-12-25;/h5-18H2,1-4H3,(H,22,23);1H. The average Bonchev–Trinajstić information content (AvgIpc) is 2.97. The number of nitrogens with one attached hydrogen (secondary N) is 1. The zero-order valence-electron chi connectivity index (χ0n) is 19.3. The molecule has 7 nitrogen and oxygen atoms in total. The molecule has 1 amide bonds. The molecule has 0 aromatic heterocycles. The minimum absolute atomic E-state index is 0. The molecule has 2 saturated heterocycles. The molecule has 0 aliphatic carbocycles. The van der Waals surface area contributed by atoms with E-state index in [1.807, 2.05) is 20.8 Å². The van der Waals surface area contributed by atoms with Gasteiger partial charge in [-0.05, 0) is 40.5 Å². The largest absolute Gasteiger partial charge is 0.357 e. The van der Waals surface area contributed by atoms with Crippen molar-refractivity contribution in [1.29, 1.82) is 0 Å². The first-order valence-corrected chi connectivity index (χ1v) is 12.5. The predicted molar refractivity (Wildman–Crippen MR) is 137 cm³/mol. The lowest BCUT2D eigenvalue weighted by Crippen LogP contribution is -2.54.